The van der Waals surface area contributed by atoms with Crippen LogP contribution in [0.2, 0.25) is 0 Å². The zero-order valence-corrected chi connectivity index (χ0v) is 10.9. The molecule has 0 aromatic heterocycles. The predicted octanol–water partition coefficient (Wildman–Crippen LogP) is 1.87. The smallest absolute Gasteiger partial charge is 0.329 e. The van der Waals surface area contributed by atoms with E-state index in [-0.39, 0.29) is 11.4 Å². The molecule has 18 heavy (non-hydrogen) atoms. The average Bonchev–Trinajstić information content (AvgIpc) is 2.68. The molecule has 0 radical (unpaired) electrons. The number of carboxylic acids is 1. The van der Waals surface area contributed by atoms with Crippen molar-refractivity contribution in [1.29, 1.82) is 0 Å². The summed E-state index contributed by atoms with van der Waals surface area (Å²) >= 11 is 0. The number of hydrogen-bond acceptors (Lipinski definition) is 2. The first-order chi connectivity index (χ1) is 8.46. The Morgan fingerprint density at radius 3 is 2.17 bits per heavy atom. The fourth-order valence-corrected chi connectivity index (χ4v) is 2.88. The molecule has 0 atom stereocenters. The molecule has 2 aliphatic rings. The Labute approximate surface area is 107 Å². The van der Waals surface area contributed by atoms with Crippen LogP contribution in [0.3, 0.4) is 0 Å². The van der Waals surface area contributed by atoms with Gasteiger partial charge in [-0.15, -0.1) is 0 Å². The van der Waals surface area contributed by atoms with E-state index in [4.69, 9.17) is 5.11 Å². The molecule has 0 heterocycles. The largest absolute Gasteiger partial charge is 0.480 e. The van der Waals surface area contributed by atoms with E-state index in [0.29, 0.717) is 19.4 Å². The number of rotatable bonds is 4. The standard InChI is InChI=1S/C13H22N2O3/c1-12(5-2-3-6-12)9-14-11(18)15-13(10(16)17)7-4-8-13/h2-9H2,1H3,(H,16,17)(H2,14,15,18). The lowest BCUT2D eigenvalue weighted by atomic mass is 9.77. The van der Waals surface area contributed by atoms with Crippen LogP contribution in [0.4, 0.5) is 4.79 Å². The highest BCUT2D eigenvalue weighted by molar-refractivity contribution is 5.87. The van der Waals surface area contributed by atoms with Gasteiger partial charge in [0.15, 0.2) is 0 Å². The lowest BCUT2D eigenvalue weighted by molar-refractivity contribution is -0.148. The van der Waals surface area contributed by atoms with Gasteiger partial charge in [0.05, 0.1) is 0 Å². The van der Waals surface area contributed by atoms with Gasteiger partial charge in [0, 0.05) is 6.54 Å². The summed E-state index contributed by atoms with van der Waals surface area (Å²) in [7, 11) is 0. The minimum atomic E-state index is -1.01. The molecule has 0 saturated heterocycles. The molecule has 3 N–H and O–H groups in total. The molecule has 0 spiro atoms. The summed E-state index contributed by atoms with van der Waals surface area (Å²) in [5, 5.41) is 14.6. The van der Waals surface area contributed by atoms with Gasteiger partial charge >= 0.3 is 12.0 Å². The van der Waals surface area contributed by atoms with Gasteiger partial charge in [0.25, 0.3) is 0 Å². The summed E-state index contributed by atoms with van der Waals surface area (Å²) < 4.78 is 0. The van der Waals surface area contributed by atoms with Gasteiger partial charge < -0.3 is 15.7 Å². The van der Waals surface area contributed by atoms with E-state index in [1.807, 2.05) is 0 Å². The summed E-state index contributed by atoms with van der Waals surface area (Å²) in [6.45, 7) is 2.81. The van der Waals surface area contributed by atoms with Crippen molar-refractivity contribution in [3.05, 3.63) is 0 Å². The third-order valence-corrected chi connectivity index (χ3v) is 4.46. The molecule has 0 aliphatic heterocycles. The van der Waals surface area contributed by atoms with Crippen molar-refractivity contribution in [2.24, 2.45) is 5.41 Å². The van der Waals surface area contributed by atoms with Crippen LogP contribution < -0.4 is 10.6 Å². The molecule has 0 aromatic rings. The quantitative estimate of drug-likeness (QED) is 0.716. The second-order valence-electron chi connectivity index (χ2n) is 6.07. The van der Waals surface area contributed by atoms with Crippen LogP contribution in [0.15, 0.2) is 0 Å². The van der Waals surface area contributed by atoms with Crippen LogP contribution in [-0.4, -0.2) is 29.2 Å². The first-order valence-corrected chi connectivity index (χ1v) is 6.75. The molecule has 0 bridgehead atoms. The average molecular weight is 254 g/mol. The summed E-state index contributed by atoms with van der Waals surface area (Å²) in [6.07, 6.45) is 6.65. The number of amides is 2. The van der Waals surface area contributed by atoms with Gasteiger partial charge in [-0.05, 0) is 37.5 Å². The maximum absolute atomic E-state index is 11.8. The summed E-state index contributed by atoms with van der Waals surface area (Å²) in [6, 6.07) is -0.342. The molecular weight excluding hydrogens is 232 g/mol. The van der Waals surface area contributed by atoms with Crippen molar-refractivity contribution in [3.8, 4) is 0 Å². The van der Waals surface area contributed by atoms with Gasteiger partial charge in [-0.3, -0.25) is 0 Å². The first-order valence-electron chi connectivity index (χ1n) is 6.75. The Hall–Kier alpha value is -1.26. The monoisotopic (exact) mass is 254 g/mol. The van der Waals surface area contributed by atoms with Crippen LogP contribution in [0.5, 0.6) is 0 Å². The third-order valence-electron chi connectivity index (χ3n) is 4.46. The number of nitrogens with one attached hydrogen (secondary N) is 2. The number of urea groups is 1. The zero-order chi connectivity index (χ0) is 13.2. The first kappa shape index (κ1) is 13.2. The molecule has 5 heteroatoms. The van der Waals surface area contributed by atoms with Gasteiger partial charge in [-0.2, -0.15) is 0 Å². The minimum Gasteiger partial charge on any atom is -0.480 e. The lowest BCUT2D eigenvalue weighted by Gasteiger charge is -2.38. The van der Waals surface area contributed by atoms with E-state index in [1.165, 1.54) is 12.8 Å². The molecule has 2 aliphatic carbocycles. The van der Waals surface area contributed by atoms with Crippen LogP contribution >= 0.6 is 0 Å². The number of carbonyl (C=O) groups is 2. The second kappa shape index (κ2) is 4.78. The third kappa shape index (κ3) is 2.60. The van der Waals surface area contributed by atoms with Crippen molar-refractivity contribution in [2.45, 2.75) is 57.4 Å². The molecule has 2 rings (SSSR count). The molecule has 0 aromatic carbocycles. The van der Waals surface area contributed by atoms with Crippen molar-refractivity contribution < 1.29 is 14.7 Å². The molecule has 2 amide bonds. The molecule has 0 unspecified atom stereocenters. The highest BCUT2D eigenvalue weighted by atomic mass is 16.4. The lowest BCUT2D eigenvalue weighted by Crippen LogP contribution is -2.61. The highest BCUT2D eigenvalue weighted by Gasteiger charge is 2.45. The molecule has 102 valence electrons. The zero-order valence-electron chi connectivity index (χ0n) is 10.9. The van der Waals surface area contributed by atoms with Gasteiger partial charge in [0.1, 0.15) is 5.54 Å². The molecular formula is C13H22N2O3. The van der Waals surface area contributed by atoms with Crippen LogP contribution in [0.1, 0.15) is 51.9 Å². The topological polar surface area (TPSA) is 78.4 Å². The van der Waals surface area contributed by atoms with Gasteiger partial charge in [0.2, 0.25) is 0 Å². The number of hydrogen-bond donors (Lipinski definition) is 3. The Balaban J connectivity index is 1.80. The number of carbonyl (C=O) groups excluding carboxylic acids is 1. The van der Waals surface area contributed by atoms with E-state index < -0.39 is 11.5 Å². The van der Waals surface area contributed by atoms with E-state index in [0.717, 1.165) is 19.3 Å². The summed E-state index contributed by atoms with van der Waals surface area (Å²) in [4.78, 5) is 22.9. The SMILES string of the molecule is CC1(CNC(=O)NC2(C(=O)O)CCC2)CCCC1. The van der Waals surface area contributed by atoms with Crippen molar-refractivity contribution >= 4 is 12.0 Å². The highest BCUT2D eigenvalue weighted by Crippen LogP contribution is 2.36. The fraction of sp³-hybridized carbons (Fsp3) is 0.846. The second-order valence-corrected chi connectivity index (χ2v) is 6.07. The van der Waals surface area contributed by atoms with E-state index in [9.17, 15) is 9.59 Å². The Bertz CT molecular complexity index is 344. The van der Waals surface area contributed by atoms with E-state index in [2.05, 4.69) is 17.6 Å². The Morgan fingerprint density at radius 1 is 1.11 bits per heavy atom. The normalized spacial score (nSPS) is 24.1. The van der Waals surface area contributed by atoms with Crippen molar-refractivity contribution in [1.82, 2.24) is 10.6 Å². The Morgan fingerprint density at radius 2 is 1.72 bits per heavy atom. The van der Waals surface area contributed by atoms with Crippen LogP contribution in [0, 0.1) is 5.41 Å². The van der Waals surface area contributed by atoms with E-state index >= 15 is 0 Å². The summed E-state index contributed by atoms with van der Waals surface area (Å²) in [5.74, 6) is -0.920. The maximum atomic E-state index is 11.8. The minimum absolute atomic E-state index is 0.188. The number of carboxylic acid groups (broad SMARTS) is 1. The molecule has 5 nitrogen and oxygen atoms in total. The van der Waals surface area contributed by atoms with Gasteiger partial charge in [-0.1, -0.05) is 19.8 Å². The van der Waals surface area contributed by atoms with E-state index in [1.54, 1.807) is 0 Å². The summed E-state index contributed by atoms with van der Waals surface area (Å²) in [5.41, 5.74) is -0.825. The number of aliphatic carboxylic acids is 1. The Kier molecular flexibility index (Phi) is 3.50. The van der Waals surface area contributed by atoms with Crippen molar-refractivity contribution in [2.75, 3.05) is 6.54 Å². The molecule has 2 saturated carbocycles. The van der Waals surface area contributed by atoms with Crippen LogP contribution in [0.25, 0.3) is 0 Å². The van der Waals surface area contributed by atoms with Gasteiger partial charge in [-0.25, -0.2) is 9.59 Å². The maximum Gasteiger partial charge on any atom is 0.329 e. The van der Waals surface area contributed by atoms with Crippen LogP contribution in [-0.2, 0) is 4.79 Å². The van der Waals surface area contributed by atoms with Crippen molar-refractivity contribution in [3.63, 3.8) is 0 Å². The fourth-order valence-electron chi connectivity index (χ4n) is 2.88. The molecule has 2 fully saturated rings. The predicted molar refractivity (Wildman–Crippen MR) is 67.3 cm³/mol.